The minimum absolute atomic E-state index is 0.160. The van der Waals surface area contributed by atoms with E-state index in [-0.39, 0.29) is 11.8 Å². The average Bonchev–Trinajstić information content (AvgIpc) is 2.79. The highest BCUT2D eigenvalue weighted by atomic mass is 35.5. The number of halogens is 1. The van der Waals surface area contributed by atoms with Gasteiger partial charge in [-0.3, -0.25) is 9.59 Å². The fourth-order valence-corrected chi connectivity index (χ4v) is 3.73. The molecule has 2 N–H and O–H groups in total. The molecule has 1 saturated heterocycles. The van der Waals surface area contributed by atoms with Crippen LogP contribution in [-0.4, -0.2) is 41.3 Å². The molecule has 2 aromatic rings. The smallest absolute Gasteiger partial charge is 0.258 e. The van der Waals surface area contributed by atoms with E-state index in [2.05, 4.69) is 34.4 Å². The number of benzene rings is 1. The monoisotopic (exact) mass is 440 g/mol. The Labute approximate surface area is 189 Å². The Hall–Kier alpha value is -2.44. The van der Waals surface area contributed by atoms with Gasteiger partial charge in [-0.15, -0.1) is 0 Å². The van der Waals surface area contributed by atoms with Gasteiger partial charge in [-0.25, -0.2) is 4.98 Å². The first-order chi connectivity index (χ1) is 15.0. The molecule has 2 amide bonds. The van der Waals surface area contributed by atoms with Gasteiger partial charge in [-0.05, 0) is 49.6 Å². The molecule has 0 spiro atoms. The van der Waals surface area contributed by atoms with Crippen LogP contribution in [0.5, 0.6) is 0 Å². The van der Waals surface area contributed by atoms with E-state index in [1.165, 1.54) is 19.0 Å². The molecule has 1 aliphatic rings. The predicted octanol–water partition coefficient (Wildman–Crippen LogP) is 4.85. The SMILES string of the molecule is CCC(CC)CN1C[CH][C](C(=O)Nc2ccccc2C(=O)Nc2ccc(Cl)cn2)CC1. The van der Waals surface area contributed by atoms with Crippen molar-refractivity contribution in [1.29, 1.82) is 0 Å². The zero-order valence-corrected chi connectivity index (χ0v) is 18.8. The summed E-state index contributed by atoms with van der Waals surface area (Å²) >= 11 is 5.84. The van der Waals surface area contributed by atoms with Crippen molar-refractivity contribution in [1.82, 2.24) is 9.88 Å². The third-order valence-corrected chi connectivity index (χ3v) is 5.87. The summed E-state index contributed by atoms with van der Waals surface area (Å²) in [5.74, 6) is 1.34. The number of para-hydroxylation sites is 1. The van der Waals surface area contributed by atoms with Gasteiger partial charge in [0.1, 0.15) is 5.82 Å². The normalized spacial score (nSPS) is 15.1. The lowest BCUT2D eigenvalue weighted by Crippen LogP contribution is -2.40. The molecule has 6 nitrogen and oxygen atoms in total. The Morgan fingerprint density at radius 1 is 1.10 bits per heavy atom. The molecule has 0 saturated carbocycles. The number of carbonyl (C=O) groups is 2. The maximum Gasteiger partial charge on any atom is 0.258 e. The summed E-state index contributed by atoms with van der Waals surface area (Å²) in [4.78, 5) is 32.0. The van der Waals surface area contributed by atoms with Crippen LogP contribution < -0.4 is 10.6 Å². The van der Waals surface area contributed by atoms with Crippen LogP contribution in [0.15, 0.2) is 42.6 Å². The van der Waals surface area contributed by atoms with Crippen LogP contribution in [0.2, 0.25) is 5.02 Å². The van der Waals surface area contributed by atoms with Crippen molar-refractivity contribution in [2.24, 2.45) is 5.92 Å². The number of hydrogen-bond acceptors (Lipinski definition) is 4. The van der Waals surface area contributed by atoms with Crippen molar-refractivity contribution < 1.29 is 9.59 Å². The summed E-state index contributed by atoms with van der Waals surface area (Å²) in [5, 5.41) is 6.13. The first kappa shape index (κ1) is 23.2. The summed E-state index contributed by atoms with van der Waals surface area (Å²) in [6.07, 6.45) is 6.52. The molecule has 1 aromatic heterocycles. The predicted molar refractivity (Wildman–Crippen MR) is 125 cm³/mol. The highest BCUT2D eigenvalue weighted by Crippen LogP contribution is 2.24. The number of anilines is 2. The number of piperidine rings is 1. The summed E-state index contributed by atoms with van der Waals surface area (Å²) in [5.41, 5.74) is 0.846. The van der Waals surface area contributed by atoms with Gasteiger partial charge in [-0.2, -0.15) is 0 Å². The van der Waals surface area contributed by atoms with E-state index in [9.17, 15) is 9.59 Å². The van der Waals surface area contributed by atoms with E-state index in [4.69, 9.17) is 11.6 Å². The third kappa shape index (κ3) is 6.52. The molecular formula is C24H29ClN4O2. The van der Waals surface area contributed by atoms with E-state index in [1.807, 2.05) is 6.42 Å². The second-order valence-electron chi connectivity index (χ2n) is 7.74. The lowest BCUT2D eigenvalue weighted by molar-refractivity contribution is -0.114. The first-order valence-electron chi connectivity index (χ1n) is 10.7. The number of rotatable bonds is 8. The number of amides is 2. The van der Waals surface area contributed by atoms with Crippen LogP contribution in [0.3, 0.4) is 0 Å². The quantitative estimate of drug-likeness (QED) is 0.615. The van der Waals surface area contributed by atoms with Crippen LogP contribution in [0.25, 0.3) is 0 Å². The number of nitrogens with zero attached hydrogens (tertiary/aromatic N) is 2. The van der Waals surface area contributed by atoms with Gasteiger partial charge in [0, 0.05) is 19.3 Å². The van der Waals surface area contributed by atoms with Crippen LogP contribution in [0, 0.1) is 18.3 Å². The fraction of sp³-hybridized carbons (Fsp3) is 0.375. The molecule has 164 valence electrons. The Bertz CT molecular complexity index is 875. The van der Waals surface area contributed by atoms with E-state index < -0.39 is 0 Å². The molecule has 0 bridgehead atoms. The zero-order valence-electron chi connectivity index (χ0n) is 18.0. The number of hydrogen-bond donors (Lipinski definition) is 2. The van der Waals surface area contributed by atoms with Gasteiger partial charge >= 0.3 is 0 Å². The van der Waals surface area contributed by atoms with Gasteiger partial charge in [0.05, 0.1) is 22.2 Å². The van der Waals surface area contributed by atoms with E-state index >= 15 is 0 Å². The molecule has 2 heterocycles. The second kappa shape index (κ2) is 11.3. The molecule has 1 fully saturated rings. The lowest BCUT2D eigenvalue weighted by Gasteiger charge is -2.32. The topological polar surface area (TPSA) is 74.3 Å². The molecule has 1 aromatic carbocycles. The average molecular weight is 441 g/mol. The number of nitrogens with one attached hydrogen (secondary N) is 2. The van der Waals surface area contributed by atoms with Gasteiger partial charge in [-0.1, -0.05) is 50.4 Å². The maximum absolute atomic E-state index is 12.8. The Morgan fingerprint density at radius 3 is 2.52 bits per heavy atom. The molecule has 2 radical (unpaired) electrons. The van der Waals surface area contributed by atoms with Crippen molar-refractivity contribution in [3.63, 3.8) is 0 Å². The minimum atomic E-state index is -0.348. The number of likely N-dealkylation sites (tertiary alicyclic amines) is 1. The molecule has 0 atom stereocenters. The van der Waals surface area contributed by atoms with Crippen molar-refractivity contribution >= 4 is 34.9 Å². The van der Waals surface area contributed by atoms with Gasteiger partial charge in [0.25, 0.3) is 5.91 Å². The highest BCUT2D eigenvalue weighted by molar-refractivity contribution is 6.30. The summed E-state index contributed by atoms with van der Waals surface area (Å²) in [7, 11) is 0. The molecule has 1 aliphatic heterocycles. The standard InChI is InChI=1S/C24H29ClN4O2/c1-3-17(4-2)16-29-13-11-18(12-14-29)23(30)27-21-8-6-5-7-20(21)24(31)28-22-10-9-19(25)15-26-22/h5-11,15,17H,3-4,12-14,16H2,1-2H3,(H,27,30)(H,26,28,31). The third-order valence-electron chi connectivity index (χ3n) is 5.64. The van der Waals surface area contributed by atoms with Gasteiger partial charge in [0.2, 0.25) is 5.91 Å². The van der Waals surface area contributed by atoms with Crippen molar-refractivity contribution in [2.75, 3.05) is 30.3 Å². The van der Waals surface area contributed by atoms with Crippen molar-refractivity contribution in [3.05, 3.63) is 65.5 Å². The molecule has 0 unspecified atom stereocenters. The van der Waals surface area contributed by atoms with Crippen molar-refractivity contribution in [2.45, 2.75) is 33.1 Å². The maximum atomic E-state index is 12.8. The van der Waals surface area contributed by atoms with Crippen molar-refractivity contribution in [3.8, 4) is 0 Å². The van der Waals surface area contributed by atoms with E-state index in [0.717, 1.165) is 25.6 Å². The Morgan fingerprint density at radius 2 is 1.87 bits per heavy atom. The number of aromatic nitrogens is 1. The fourth-order valence-electron chi connectivity index (χ4n) is 3.62. The van der Waals surface area contributed by atoms with E-state index in [0.29, 0.717) is 34.4 Å². The van der Waals surface area contributed by atoms with Crippen LogP contribution in [0.1, 0.15) is 43.5 Å². The highest BCUT2D eigenvalue weighted by Gasteiger charge is 2.27. The Balaban J connectivity index is 1.58. The minimum Gasteiger partial charge on any atom is -0.325 e. The number of carbonyl (C=O) groups excluding carboxylic acids is 2. The Kier molecular flexibility index (Phi) is 8.43. The summed E-state index contributed by atoms with van der Waals surface area (Å²) < 4.78 is 0. The second-order valence-corrected chi connectivity index (χ2v) is 8.17. The summed E-state index contributed by atoms with van der Waals surface area (Å²) in [6.45, 7) is 7.18. The number of pyridine rings is 1. The van der Waals surface area contributed by atoms with Crippen LogP contribution >= 0.6 is 11.6 Å². The molecule has 7 heteroatoms. The first-order valence-corrected chi connectivity index (χ1v) is 11.1. The van der Waals surface area contributed by atoms with Crippen LogP contribution in [0.4, 0.5) is 11.5 Å². The molecule has 31 heavy (non-hydrogen) atoms. The van der Waals surface area contributed by atoms with Gasteiger partial charge < -0.3 is 15.5 Å². The van der Waals surface area contributed by atoms with Gasteiger partial charge in [0.15, 0.2) is 0 Å². The zero-order chi connectivity index (χ0) is 22.2. The van der Waals surface area contributed by atoms with Crippen LogP contribution in [-0.2, 0) is 4.79 Å². The molecule has 0 aliphatic carbocycles. The molecule has 3 rings (SSSR count). The van der Waals surface area contributed by atoms with E-state index in [1.54, 1.807) is 36.4 Å². The molecular weight excluding hydrogens is 412 g/mol. The largest absolute Gasteiger partial charge is 0.325 e. The summed E-state index contributed by atoms with van der Waals surface area (Å²) in [6, 6.07) is 10.2. The lowest BCUT2D eigenvalue weighted by atomic mass is 9.94.